The summed E-state index contributed by atoms with van der Waals surface area (Å²) in [7, 11) is 4.88. The summed E-state index contributed by atoms with van der Waals surface area (Å²) in [6.07, 6.45) is 0.946. The smallest absolute Gasteiger partial charge is 0.321 e. The average molecular weight is 331 g/mol. The Morgan fingerprint density at radius 1 is 1.23 bits per heavy atom. The van der Waals surface area contributed by atoms with Crippen molar-refractivity contribution in [3.63, 3.8) is 0 Å². The zero-order valence-corrected chi connectivity index (χ0v) is 15.0. The highest BCUT2D eigenvalue weighted by Gasteiger charge is 2.20. The van der Waals surface area contributed by atoms with E-state index >= 15 is 0 Å². The molecular formula is C16H27ClN2O3. The van der Waals surface area contributed by atoms with Gasteiger partial charge in [-0.2, -0.15) is 0 Å². The van der Waals surface area contributed by atoms with E-state index in [1.54, 1.807) is 21.3 Å². The molecule has 1 aromatic rings. The third-order valence-electron chi connectivity index (χ3n) is 3.26. The number of aryl methyl sites for hydroxylation is 1. The van der Waals surface area contributed by atoms with Crippen LogP contribution in [0.15, 0.2) is 12.1 Å². The number of benzene rings is 1. The van der Waals surface area contributed by atoms with E-state index in [2.05, 4.69) is 19.2 Å². The Hall–Kier alpha value is -1.62. The van der Waals surface area contributed by atoms with Gasteiger partial charge in [0.25, 0.3) is 0 Å². The molecule has 1 aromatic carbocycles. The predicted octanol–water partition coefficient (Wildman–Crippen LogP) is 3.63. The van der Waals surface area contributed by atoms with Crippen LogP contribution in [-0.2, 0) is 0 Å². The van der Waals surface area contributed by atoms with E-state index in [1.807, 2.05) is 19.1 Å². The summed E-state index contributed by atoms with van der Waals surface area (Å²) < 4.78 is 10.8. The van der Waals surface area contributed by atoms with Crippen LogP contribution in [-0.4, -0.2) is 33.8 Å². The Labute approximate surface area is 139 Å². The van der Waals surface area contributed by atoms with Gasteiger partial charge >= 0.3 is 6.03 Å². The molecule has 1 rings (SSSR count). The van der Waals surface area contributed by atoms with Gasteiger partial charge in [-0.1, -0.05) is 13.8 Å². The van der Waals surface area contributed by atoms with Crippen molar-refractivity contribution in [3.05, 3.63) is 17.7 Å². The van der Waals surface area contributed by atoms with Crippen LogP contribution >= 0.6 is 12.4 Å². The first-order valence-electron chi connectivity index (χ1n) is 7.14. The summed E-state index contributed by atoms with van der Waals surface area (Å²) in [5, 5.41) is 2.91. The molecule has 0 bridgehead atoms. The molecule has 2 amide bonds. The quantitative estimate of drug-likeness (QED) is 0.866. The standard InChI is InChI=1S/C16H26N2O3.ClH/c1-11(2)7-8-17-16(19)18(4)15-13(20-5)9-12(3)10-14(15)21-6;/h9-11H,7-8H2,1-6H3,(H,17,19);1H. The van der Waals surface area contributed by atoms with Crippen LogP contribution in [0, 0.1) is 12.8 Å². The van der Waals surface area contributed by atoms with Crippen molar-refractivity contribution in [1.29, 1.82) is 0 Å². The molecule has 6 heteroatoms. The third-order valence-corrected chi connectivity index (χ3v) is 3.26. The summed E-state index contributed by atoms with van der Waals surface area (Å²) in [5.74, 6) is 1.79. The molecule has 0 spiro atoms. The lowest BCUT2D eigenvalue weighted by molar-refractivity contribution is 0.246. The van der Waals surface area contributed by atoms with Crippen LogP contribution in [0.25, 0.3) is 0 Å². The third kappa shape index (κ3) is 5.30. The molecule has 0 unspecified atom stereocenters. The molecule has 0 aromatic heterocycles. The predicted molar refractivity (Wildman–Crippen MR) is 92.8 cm³/mol. The van der Waals surface area contributed by atoms with Crippen molar-refractivity contribution in [2.24, 2.45) is 5.92 Å². The van der Waals surface area contributed by atoms with Gasteiger partial charge < -0.3 is 14.8 Å². The summed E-state index contributed by atoms with van der Waals surface area (Å²) in [6.45, 7) is 6.86. The van der Waals surface area contributed by atoms with Gasteiger partial charge in [-0.25, -0.2) is 4.79 Å². The minimum absolute atomic E-state index is 0. The zero-order chi connectivity index (χ0) is 16.0. The molecular weight excluding hydrogens is 304 g/mol. The van der Waals surface area contributed by atoms with Crippen LogP contribution in [0.1, 0.15) is 25.8 Å². The maximum Gasteiger partial charge on any atom is 0.321 e. The number of halogens is 1. The Kier molecular flexibility index (Phi) is 8.72. The van der Waals surface area contributed by atoms with E-state index in [0.29, 0.717) is 29.6 Å². The van der Waals surface area contributed by atoms with Gasteiger partial charge in [-0.15, -0.1) is 12.4 Å². The van der Waals surface area contributed by atoms with E-state index in [-0.39, 0.29) is 18.4 Å². The molecule has 1 N–H and O–H groups in total. The van der Waals surface area contributed by atoms with Crippen LogP contribution in [0.5, 0.6) is 11.5 Å². The van der Waals surface area contributed by atoms with Crippen LogP contribution in [0.3, 0.4) is 0 Å². The molecule has 0 saturated heterocycles. The van der Waals surface area contributed by atoms with Gasteiger partial charge in [0.1, 0.15) is 17.2 Å². The van der Waals surface area contributed by atoms with E-state index in [4.69, 9.17) is 9.47 Å². The first kappa shape index (κ1) is 20.4. The fraction of sp³-hybridized carbons (Fsp3) is 0.562. The van der Waals surface area contributed by atoms with Gasteiger partial charge in [0, 0.05) is 13.6 Å². The lowest BCUT2D eigenvalue weighted by atomic mass is 10.1. The second-order valence-electron chi connectivity index (χ2n) is 5.49. The van der Waals surface area contributed by atoms with Crippen molar-refractivity contribution in [1.82, 2.24) is 5.32 Å². The normalized spacial score (nSPS) is 9.95. The molecule has 0 radical (unpaired) electrons. The lowest BCUT2D eigenvalue weighted by Crippen LogP contribution is -2.38. The van der Waals surface area contributed by atoms with Gasteiger partial charge in [0.15, 0.2) is 0 Å². The van der Waals surface area contributed by atoms with Crippen LogP contribution < -0.4 is 19.7 Å². The second kappa shape index (κ2) is 9.41. The maximum atomic E-state index is 12.2. The van der Waals surface area contributed by atoms with Crippen molar-refractivity contribution in [2.75, 3.05) is 32.7 Å². The fourth-order valence-corrected chi connectivity index (χ4v) is 2.04. The SMILES string of the molecule is COc1cc(C)cc(OC)c1N(C)C(=O)NCCC(C)C.Cl. The number of anilines is 1. The summed E-state index contributed by atoms with van der Waals surface area (Å²) in [6, 6.07) is 3.60. The highest BCUT2D eigenvalue weighted by atomic mass is 35.5. The monoisotopic (exact) mass is 330 g/mol. The van der Waals surface area contributed by atoms with Crippen molar-refractivity contribution in [3.8, 4) is 11.5 Å². The first-order valence-corrected chi connectivity index (χ1v) is 7.14. The highest BCUT2D eigenvalue weighted by Crippen LogP contribution is 2.38. The number of carbonyl (C=O) groups excluding carboxylic acids is 1. The average Bonchev–Trinajstić information content (AvgIpc) is 2.44. The van der Waals surface area contributed by atoms with Crippen LogP contribution in [0.2, 0.25) is 0 Å². The molecule has 0 atom stereocenters. The Balaban J connectivity index is 0.00000441. The van der Waals surface area contributed by atoms with E-state index in [9.17, 15) is 4.79 Å². The van der Waals surface area contributed by atoms with E-state index in [1.165, 1.54) is 4.90 Å². The molecule has 126 valence electrons. The summed E-state index contributed by atoms with van der Waals surface area (Å²) in [4.78, 5) is 13.8. The molecule has 0 saturated carbocycles. The summed E-state index contributed by atoms with van der Waals surface area (Å²) in [5.41, 5.74) is 1.65. The number of hydrogen-bond donors (Lipinski definition) is 1. The number of nitrogens with zero attached hydrogens (tertiary/aromatic N) is 1. The van der Waals surface area contributed by atoms with Gasteiger partial charge in [0.2, 0.25) is 0 Å². The topological polar surface area (TPSA) is 50.8 Å². The van der Waals surface area contributed by atoms with E-state index in [0.717, 1.165) is 12.0 Å². The largest absolute Gasteiger partial charge is 0.494 e. The molecule has 22 heavy (non-hydrogen) atoms. The minimum Gasteiger partial charge on any atom is -0.494 e. The number of carbonyl (C=O) groups is 1. The minimum atomic E-state index is -0.170. The number of methoxy groups -OCH3 is 2. The molecule has 0 aliphatic heterocycles. The first-order chi connectivity index (χ1) is 9.90. The van der Waals surface area contributed by atoms with Crippen molar-refractivity contribution >= 4 is 24.1 Å². The molecule has 5 nitrogen and oxygen atoms in total. The Morgan fingerprint density at radius 3 is 2.14 bits per heavy atom. The molecule has 0 aliphatic rings. The second-order valence-corrected chi connectivity index (χ2v) is 5.49. The number of rotatable bonds is 6. The number of urea groups is 1. The molecule has 0 fully saturated rings. The van der Waals surface area contributed by atoms with E-state index < -0.39 is 0 Å². The van der Waals surface area contributed by atoms with Gasteiger partial charge in [-0.05, 0) is 37.0 Å². The Morgan fingerprint density at radius 2 is 1.73 bits per heavy atom. The van der Waals surface area contributed by atoms with Crippen molar-refractivity contribution < 1.29 is 14.3 Å². The Bertz CT molecular complexity index is 467. The van der Waals surface area contributed by atoms with Crippen LogP contribution in [0.4, 0.5) is 10.5 Å². The van der Waals surface area contributed by atoms with Gasteiger partial charge in [-0.3, -0.25) is 4.90 Å². The fourth-order valence-electron chi connectivity index (χ4n) is 2.04. The highest BCUT2D eigenvalue weighted by molar-refractivity contribution is 5.95. The lowest BCUT2D eigenvalue weighted by Gasteiger charge is -2.23. The number of ether oxygens (including phenoxy) is 2. The number of nitrogens with one attached hydrogen (secondary N) is 1. The molecule has 0 heterocycles. The van der Waals surface area contributed by atoms with Gasteiger partial charge in [0.05, 0.1) is 14.2 Å². The van der Waals surface area contributed by atoms with Crippen molar-refractivity contribution in [2.45, 2.75) is 27.2 Å². The summed E-state index contributed by atoms with van der Waals surface area (Å²) >= 11 is 0. The number of hydrogen-bond acceptors (Lipinski definition) is 3. The number of amides is 2. The zero-order valence-electron chi connectivity index (χ0n) is 14.2. The molecule has 0 aliphatic carbocycles. The maximum absolute atomic E-state index is 12.2.